The first kappa shape index (κ1) is 30.9. The molecule has 0 aliphatic carbocycles. The fraction of sp³-hybridized carbons (Fsp3) is 0.176. The van der Waals surface area contributed by atoms with Crippen molar-refractivity contribution in [1.82, 2.24) is 0 Å². The number of thiophene rings is 4. The smallest absolute Gasteiger partial charge is 0.260 e. The first-order chi connectivity index (χ1) is 22.1. The van der Waals surface area contributed by atoms with Gasteiger partial charge in [-0.05, 0) is 76.2 Å². The van der Waals surface area contributed by atoms with Crippen molar-refractivity contribution in [2.24, 2.45) is 0 Å². The molecule has 6 heterocycles. The van der Waals surface area contributed by atoms with Gasteiger partial charge in [-0.15, -0.1) is 45.3 Å². The van der Waals surface area contributed by atoms with Gasteiger partial charge < -0.3 is 9.80 Å². The number of fused-ring (bicyclic) bond motifs is 2. The van der Waals surface area contributed by atoms with Crippen LogP contribution in [0.2, 0.25) is 0 Å². The molecule has 0 atom stereocenters. The van der Waals surface area contributed by atoms with Gasteiger partial charge >= 0.3 is 0 Å². The van der Waals surface area contributed by atoms with Gasteiger partial charge in [0.25, 0.3) is 11.8 Å². The summed E-state index contributed by atoms with van der Waals surface area (Å²) in [5.74, 6) is -0.414. The number of hydrogen-bond donors (Lipinski definition) is 0. The molecule has 0 unspecified atom stereocenters. The third kappa shape index (κ3) is 5.08. The average molecular weight is 675 g/mol. The third-order valence-electron chi connectivity index (χ3n) is 7.35. The number of hydrogen-bond acceptors (Lipinski definition) is 10. The topological polar surface area (TPSA) is 136 Å². The number of nitriles is 4. The van der Waals surface area contributed by atoms with E-state index in [0.717, 1.165) is 39.9 Å². The fourth-order valence-electron chi connectivity index (χ4n) is 5.46. The van der Waals surface area contributed by atoms with Gasteiger partial charge in [0.1, 0.15) is 35.4 Å². The summed E-state index contributed by atoms with van der Waals surface area (Å²) in [4.78, 5) is 34.9. The van der Waals surface area contributed by atoms with Gasteiger partial charge in [-0.1, -0.05) is 0 Å². The molecule has 4 aromatic heterocycles. The van der Waals surface area contributed by atoms with Crippen LogP contribution in [-0.4, -0.2) is 23.9 Å². The first-order valence-corrected chi connectivity index (χ1v) is 17.3. The van der Waals surface area contributed by atoms with Gasteiger partial charge in [0.05, 0.1) is 41.3 Å². The van der Waals surface area contributed by atoms with Crippen molar-refractivity contribution in [2.45, 2.75) is 39.8 Å². The quantitative estimate of drug-likeness (QED) is 0.295. The van der Waals surface area contributed by atoms with E-state index in [4.69, 9.17) is 0 Å². The van der Waals surface area contributed by atoms with E-state index in [1.165, 1.54) is 45.3 Å². The Labute approximate surface area is 280 Å². The van der Waals surface area contributed by atoms with E-state index in [1.54, 1.807) is 21.9 Å². The normalized spacial score (nSPS) is 16.1. The molecule has 2 aliphatic heterocycles. The highest BCUT2D eigenvalue weighted by molar-refractivity contribution is 7.17. The second kappa shape index (κ2) is 12.0. The monoisotopic (exact) mass is 674 g/mol. The predicted octanol–water partition coefficient (Wildman–Crippen LogP) is 4.41. The van der Waals surface area contributed by atoms with E-state index in [2.05, 4.69) is 0 Å². The molecule has 2 aliphatic rings. The lowest BCUT2D eigenvalue weighted by molar-refractivity contribution is -0.115. The maximum atomic E-state index is 14.1. The van der Waals surface area contributed by atoms with Crippen molar-refractivity contribution in [3.63, 3.8) is 0 Å². The molecular formula is C34H22N6O2S4. The lowest BCUT2D eigenvalue weighted by Gasteiger charge is -2.22. The Morgan fingerprint density at radius 2 is 1.00 bits per heavy atom. The van der Waals surface area contributed by atoms with Crippen LogP contribution in [0.25, 0.3) is 34.4 Å². The van der Waals surface area contributed by atoms with Crippen molar-refractivity contribution < 1.29 is 9.59 Å². The van der Waals surface area contributed by atoms with Crippen molar-refractivity contribution >= 4 is 103 Å². The van der Waals surface area contributed by atoms with Crippen molar-refractivity contribution in [3.8, 4) is 24.3 Å². The molecule has 224 valence electrons. The molecule has 0 N–H and O–H groups in total. The summed E-state index contributed by atoms with van der Waals surface area (Å²) >= 11 is 5.57. The van der Waals surface area contributed by atoms with Crippen LogP contribution >= 0.6 is 45.3 Å². The Morgan fingerprint density at radius 1 is 0.630 bits per heavy atom. The molecule has 0 radical (unpaired) electrons. The zero-order valence-electron chi connectivity index (χ0n) is 24.9. The van der Waals surface area contributed by atoms with Crippen LogP contribution in [0.15, 0.2) is 36.4 Å². The zero-order valence-corrected chi connectivity index (χ0v) is 28.2. The number of anilines is 2. The lowest BCUT2D eigenvalue weighted by atomic mass is 10.1. The summed E-state index contributed by atoms with van der Waals surface area (Å²) < 4.78 is 2.92. The maximum Gasteiger partial charge on any atom is 0.260 e. The highest BCUT2D eigenvalue weighted by atomic mass is 32.1. The molecule has 46 heavy (non-hydrogen) atoms. The van der Waals surface area contributed by atoms with Gasteiger partial charge in [0.2, 0.25) is 0 Å². The average Bonchev–Trinajstić information content (AvgIpc) is 3.85. The van der Waals surface area contributed by atoms with E-state index in [1.807, 2.05) is 88.4 Å². The van der Waals surface area contributed by atoms with E-state index in [9.17, 15) is 30.6 Å². The molecule has 0 aromatic carbocycles. The Balaban J connectivity index is 1.53. The van der Waals surface area contributed by atoms with Crippen LogP contribution in [0.4, 0.5) is 11.4 Å². The Morgan fingerprint density at radius 3 is 1.33 bits per heavy atom. The standard InChI is InChI=1S/C34H22N6O2S4/c1-17(2)39-25-11-23(9-21-5-7-27(43-21)19(13-35)14-36)45-31(25)29(33(39)41)30-32-26(40(18(3)4)34(30)42)12-24(46-32)10-22-6-8-28(44-22)20(15-37)16-38/h5-12,17-18H,1-4H3/b21-9+,22-10+,30-29+. The zero-order chi connectivity index (χ0) is 32.9. The fourth-order valence-corrected chi connectivity index (χ4v) is 9.71. The van der Waals surface area contributed by atoms with Crippen LogP contribution in [0, 0.1) is 45.3 Å². The molecule has 0 spiro atoms. The predicted molar refractivity (Wildman–Crippen MR) is 184 cm³/mol. The van der Waals surface area contributed by atoms with Crippen LogP contribution < -0.4 is 27.9 Å². The summed E-state index contributed by atoms with van der Waals surface area (Å²) in [6.07, 6.45) is 3.93. The van der Waals surface area contributed by atoms with Crippen molar-refractivity contribution in [1.29, 1.82) is 21.0 Å². The number of nitrogens with zero attached hydrogens (tertiary/aromatic N) is 6. The van der Waals surface area contributed by atoms with Crippen LogP contribution in [0.3, 0.4) is 0 Å². The van der Waals surface area contributed by atoms with Gasteiger partial charge in [-0.3, -0.25) is 9.59 Å². The molecule has 8 nitrogen and oxygen atoms in total. The molecule has 6 rings (SSSR count). The van der Waals surface area contributed by atoms with E-state index in [-0.39, 0.29) is 35.0 Å². The first-order valence-electron chi connectivity index (χ1n) is 14.0. The minimum Gasteiger partial charge on any atom is -0.304 e. The molecule has 4 aromatic rings. The number of rotatable bonds is 4. The Kier molecular flexibility index (Phi) is 8.08. The molecule has 0 saturated carbocycles. The van der Waals surface area contributed by atoms with Gasteiger partial charge in [-0.2, -0.15) is 21.0 Å². The Hall–Kier alpha value is -5.08. The van der Waals surface area contributed by atoms with E-state index in [0.29, 0.717) is 20.2 Å². The minimum atomic E-state index is -0.207. The number of carbonyl (C=O) groups excluding carboxylic acids is 2. The van der Waals surface area contributed by atoms with Gasteiger partial charge in [0, 0.05) is 30.9 Å². The van der Waals surface area contributed by atoms with Gasteiger partial charge in [-0.25, -0.2) is 0 Å². The van der Waals surface area contributed by atoms with Crippen molar-refractivity contribution in [3.05, 3.63) is 74.0 Å². The van der Waals surface area contributed by atoms with Crippen molar-refractivity contribution in [2.75, 3.05) is 9.80 Å². The molecule has 2 amide bonds. The third-order valence-corrected chi connectivity index (χ3v) is 11.6. The van der Waals surface area contributed by atoms with E-state index < -0.39 is 0 Å². The number of amides is 2. The molecular weight excluding hydrogens is 653 g/mol. The summed E-state index contributed by atoms with van der Waals surface area (Å²) in [5.41, 5.74) is 2.43. The minimum absolute atomic E-state index is 0.0617. The number of carbonyl (C=O) groups is 2. The lowest BCUT2D eigenvalue weighted by Crippen LogP contribution is -2.35. The summed E-state index contributed by atoms with van der Waals surface area (Å²) in [5, 5.41) is 37.0. The molecule has 0 saturated heterocycles. The summed E-state index contributed by atoms with van der Waals surface area (Å²) in [6.45, 7) is 7.78. The molecule has 0 bridgehead atoms. The van der Waals surface area contributed by atoms with E-state index >= 15 is 0 Å². The van der Waals surface area contributed by atoms with Crippen LogP contribution in [-0.2, 0) is 9.59 Å². The Bertz CT molecular complexity index is 2240. The highest BCUT2D eigenvalue weighted by Crippen LogP contribution is 2.52. The molecule has 12 heteroatoms. The SMILES string of the molecule is CC(C)N1C(=O)/C(=C2/C(=O)N(C(C)C)c3cc(/C=c4\ccc(=C(C#N)C#N)s4)sc32)c2sc(/C=c3\ccc(=C(C#N)C#N)s3)cc21. The van der Waals surface area contributed by atoms with Crippen LogP contribution in [0.1, 0.15) is 47.2 Å². The second-order valence-corrected chi connectivity index (χ2v) is 15.3. The second-order valence-electron chi connectivity index (χ2n) is 10.9. The largest absolute Gasteiger partial charge is 0.304 e. The summed E-state index contributed by atoms with van der Waals surface area (Å²) in [7, 11) is 0. The highest BCUT2D eigenvalue weighted by Gasteiger charge is 2.45. The summed E-state index contributed by atoms with van der Waals surface area (Å²) in [6, 6.07) is 18.6. The van der Waals surface area contributed by atoms with Gasteiger partial charge in [0.15, 0.2) is 0 Å². The molecule has 0 fully saturated rings. The maximum absolute atomic E-state index is 14.1. The van der Waals surface area contributed by atoms with Crippen LogP contribution in [0.5, 0.6) is 0 Å².